The van der Waals surface area contributed by atoms with Crippen LogP contribution in [-0.2, 0) is 9.53 Å². The SMILES string of the molecule is Cc1cc(N2C[C@H](NC(=O)c3ccc(Br)s3)CC2=O)ccc1N1CCCCOC1=O. The Morgan fingerprint density at radius 2 is 2.03 bits per heavy atom. The number of ether oxygens (including phenoxy) is 1. The summed E-state index contributed by atoms with van der Waals surface area (Å²) in [5, 5.41) is 2.95. The molecule has 158 valence electrons. The van der Waals surface area contributed by atoms with Crippen molar-refractivity contribution in [1.82, 2.24) is 5.32 Å². The number of carbonyl (C=O) groups excluding carboxylic acids is 3. The van der Waals surface area contributed by atoms with Crippen LogP contribution in [0.25, 0.3) is 0 Å². The first-order valence-corrected chi connectivity index (χ1v) is 11.4. The molecule has 2 aliphatic rings. The molecule has 2 aliphatic heterocycles. The minimum atomic E-state index is -0.330. The number of halogens is 1. The molecule has 9 heteroatoms. The molecular weight excluding hydrogens is 470 g/mol. The molecular formula is C21H22BrN3O4S. The molecule has 2 fully saturated rings. The highest BCUT2D eigenvalue weighted by atomic mass is 79.9. The van der Waals surface area contributed by atoms with Crippen molar-refractivity contribution in [2.45, 2.75) is 32.2 Å². The maximum absolute atomic E-state index is 12.6. The first-order chi connectivity index (χ1) is 14.4. The summed E-state index contributed by atoms with van der Waals surface area (Å²) in [4.78, 5) is 41.2. The lowest BCUT2D eigenvalue weighted by Gasteiger charge is -2.23. The lowest BCUT2D eigenvalue weighted by Crippen LogP contribution is -2.36. The van der Waals surface area contributed by atoms with Gasteiger partial charge in [0.25, 0.3) is 5.91 Å². The second-order valence-electron chi connectivity index (χ2n) is 7.43. The summed E-state index contributed by atoms with van der Waals surface area (Å²) in [5.41, 5.74) is 2.46. The number of nitrogens with zero attached hydrogens (tertiary/aromatic N) is 2. The smallest absolute Gasteiger partial charge is 0.414 e. The fourth-order valence-corrected chi connectivity index (χ4v) is 5.07. The van der Waals surface area contributed by atoms with Crippen LogP contribution in [0.2, 0.25) is 0 Å². The maximum Gasteiger partial charge on any atom is 0.414 e. The summed E-state index contributed by atoms with van der Waals surface area (Å²) in [7, 11) is 0. The van der Waals surface area contributed by atoms with Crippen molar-refractivity contribution in [2.24, 2.45) is 0 Å². The van der Waals surface area contributed by atoms with E-state index in [4.69, 9.17) is 4.74 Å². The van der Waals surface area contributed by atoms with Gasteiger partial charge in [-0.25, -0.2) is 4.79 Å². The van der Waals surface area contributed by atoms with Crippen molar-refractivity contribution in [3.8, 4) is 0 Å². The quantitative estimate of drug-likeness (QED) is 0.698. The van der Waals surface area contributed by atoms with Gasteiger partial charge in [0.15, 0.2) is 0 Å². The van der Waals surface area contributed by atoms with Gasteiger partial charge in [-0.15, -0.1) is 11.3 Å². The Labute approximate surface area is 187 Å². The Bertz CT molecular complexity index is 992. The normalized spacial score (nSPS) is 19.6. The molecule has 0 saturated carbocycles. The number of carbonyl (C=O) groups is 3. The summed E-state index contributed by atoms with van der Waals surface area (Å²) < 4.78 is 6.13. The Hall–Kier alpha value is -2.39. The van der Waals surface area contributed by atoms with Crippen molar-refractivity contribution in [1.29, 1.82) is 0 Å². The summed E-state index contributed by atoms with van der Waals surface area (Å²) in [6.07, 6.45) is 1.68. The minimum absolute atomic E-state index is 0.0333. The summed E-state index contributed by atoms with van der Waals surface area (Å²) in [6.45, 7) is 3.41. The third kappa shape index (κ3) is 4.37. The highest BCUT2D eigenvalue weighted by molar-refractivity contribution is 9.11. The molecule has 3 amide bonds. The highest BCUT2D eigenvalue weighted by Crippen LogP contribution is 2.30. The molecule has 0 aliphatic carbocycles. The van der Waals surface area contributed by atoms with E-state index in [9.17, 15) is 14.4 Å². The third-order valence-corrected chi connectivity index (χ3v) is 6.88. The molecule has 0 radical (unpaired) electrons. The van der Waals surface area contributed by atoms with Gasteiger partial charge in [0, 0.05) is 25.2 Å². The zero-order chi connectivity index (χ0) is 21.3. The molecule has 2 saturated heterocycles. The number of hydrogen-bond donors (Lipinski definition) is 1. The number of cyclic esters (lactones) is 1. The van der Waals surface area contributed by atoms with Gasteiger partial charge in [-0.2, -0.15) is 0 Å². The van der Waals surface area contributed by atoms with Crippen LogP contribution in [0.1, 0.15) is 34.5 Å². The fourth-order valence-electron chi connectivity index (χ4n) is 3.78. The lowest BCUT2D eigenvalue weighted by molar-refractivity contribution is -0.117. The lowest BCUT2D eigenvalue weighted by atomic mass is 10.1. The van der Waals surface area contributed by atoms with Gasteiger partial charge in [0.2, 0.25) is 5.91 Å². The van der Waals surface area contributed by atoms with Gasteiger partial charge in [0.1, 0.15) is 0 Å². The van der Waals surface area contributed by atoms with Gasteiger partial charge in [-0.3, -0.25) is 14.5 Å². The molecule has 0 unspecified atom stereocenters. The largest absolute Gasteiger partial charge is 0.449 e. The summed E-state index contributed by atoms with van der Waals surface area (Å²) in [5.74, 6) is -0.203. The van der Waals surface area contributed by atoms with E-state index in [2.05, 4.69) is 21.2 Å². The number of rotatable bonds is 4. The molecule has 0 spiro atoms. The Morgan fingerprint density at radius 1 is 1.20 bits per heavy atom. The van der Waals surface area contributed by atoms with E-state index in [-0.39, 0.29) is 30.4 Å². The average molecular weight is 492 g/mol. The van der Waals surface area contributed by atoms with Gasteiger partial charge < -0.3 is 15.0 Å². The predicted molar refractivity (Wildman–Crippen MR) is 119 cm³/mol. The van der Waals surface area contributed by atoms with Crippen LogP contribution >= 0.6 is 27.3 Å². The van der Waals surface area contributed by atoms with E-state index >= 15 is 0 Å². The molecule has 30 heavy (non-hydrogen) atoms. The number of nitrogens with one attached hydrogen (secondary N) is 1. The van der Waals surface area contributed by atoms with Crippen LogP contribution in [0.4, 0.5) is 16.2 Å². The topological polar surface area (TPSA) is 79.0 Å². The molecule has 1 aromatic heterocycles. The number of thiophene rings is 1. The van der Waals surface area contributed by atoms with Gasteiger partial charge in [0.05, 0.1) is 27.0 Å². The third-order valence-electron chi connectivity index (χ3n) is 5.26. The molecule has 3 heterocycles. The average Bonchev–Trinajstić information content (AvgIpc) is 3.23. The minimum Gasteiger partial charge on any atom is -0.449 e. The molecule has 0 bridgehead atoms. The molecule has 4 rings (SSSR count). The number of hydrogen-bond acceptors (Lipinski definition) is 5. The second kappa shape index (κ2) is 8.77. The van der Waals surface area contributed by atoms with Crippen molar-refractivity contribution in [2.75, 3.05) is 29.5 Å². The predicted octanol–water partition coefficient (Wildman–Crippen LogP) is 4.09. The Balaban J connectivity index is 1.46. The first-order valence-electron chi connectivity index (χ1n) is 9.84. The van der Waals surface area contributed by atoms with Gasteiger partial charge >= 0.3 is 6.09 Å². The maximum atomic E-state index is 12.6. The molecule has 7 nitrogen and oxygen atoms in total. The van der Waals surface area contributed by atoms with E-state index in [0.29, 0.717) is 24.6 Å². The number of anilines is 2. The number of benzene rings is 1. The van der Waals surface area contributed by atoms with Crippen molar-refractivity contribution in [3.05, 3.63) is 44.6 Å². The van der Waals surface area contributed by atoms with E-state index < -0.39 is 0 Å². The molecule has 1 atom stereocenters. The standard InChI is InChI=1S/C21H22BrN3O4S/c1-13-10-15(4-5-16(13)24-8-2-3-9-29-21(24)28)25-12-14(11-19(25)26)23-20(27)17-6-7-18(22)30-17/h4-7,10,14H,2-3,8-9,11-12H2,1H3,(H,23,27)/t14-/m1/s1. The van der Waals surface area contributed by atoms with Crippen LogP contribution in [0.3, 0.4) is 0 Å². The Kier molecular flexibility index (Phi) is 6.10. The summed E-state index contributed by atoms with van der Waals surface area (Å²) >= 11 is 4.72. The monoisotopic (exact) mass is 491 g/mol. The first kappa shape index (κ1) is 20.9. The number of aryl methyl sites for hydroxylation is 1. The van der Waals surface area contributed by atoms with Crippen LogP contribution < -0.4 is 15.1 Å². The molecule has 2 aromatic rings. The van der Waals surface area contributed by atoms with Crippen LogP contribution in [0.15, 0.2) is 34.1 Å². The van der Waals surface area contributed by atoms with Gasteiger partial charge in [-0.1, -0.05) is 0 Å². The zero-order valence-corrected chi connectivity index (χ0v) is 18.9. The summed E-state index contributed by atoms with van der Waals surface area (Å²) in [6, 6.07) is 8.96. The van der Waals surface area contributed by atoms with E-state index in [1.54, 1.807) is 15.9 Å². The van der Waals surface area contributed by atoms with Crippen molar-refractivity contribution < 1.29 is 19.1 Å². The van der Waals surface area contributed by atoms with E-state index in [1.807, 2.05) is 31.2 Å². The second-order valence-corrected chi connectivity index (χ2v) is 9.89. The van der Waals surface area contributed by atoms with Crippen LogP contribution in [0, 0.1) is 6.92 Å². The van der Waals surface area contributed by atoms with Crippen LogP contribution in [-0.4, -0.2) is 43.6 Å². The van der Waals surface area contributed by atoms with Crippen LogP contribution in [0.5, 0.6) is 0 Å². The van der Waals surface area contributed by atoms with Crippen molar-refractivity contribution >= 4 is 56.5 Å². The fraction of sp³-hybridized carbons (Fsp3) is 0.381. The van der Waals surface area contributed by atoms with E-state index in [1.165, 1.54) is 11.3 Å². The zero-order valence-electron chi connectivity index (χ0n) is 16.5. The van der Waals surface area contributed by atoms with Gasteiger partial charge in [-0.05, 0) is 71.6 Å². The Morgan fingerprint density at radius 3 is 2.77 bits per heavy atom. The van der Waals surface area contributed by atoms with Crippen molar-refractivity contribution in [3.63, 3.8) is 0 Å². The molecule has 1 N–H and O–H groups in total. The molecule has 1 aromatic carbocycles. The number of amides is 3. The van der Waals surface area contributed by atoms with E-state index in [0.717, 1.165) is 33.6 Å². The highest BCUT2D eigenvalue weighted by Gasteiger charge is 2.32.